The second-order valence-corrected chi connectivity index (χ2v) is 6.01. The molecule has 0 amide bonds. The number of rotatable bonds is 5. The van der Waals surface area contributed by atoms with E-state index in [4.69, 9.17) is 5.73 Å². The molecule has 0 heterocycles. The maximum Gasteiger partial charge on any atom is 0.123 e. The zero-order valence-corrected chi connectivity index (χ0v) is 12.7. The van der Waals surface area contributed by atoms with Gasteiger partial charge < -0.3 is 10.6 Å². The van der Waals surface area contributed by atoms with E-state index >= 15 is 0 Å². The van der Waals surface area contributed by atoms with Crippen LogP contribution >= 0.6 is 0 Å². The van der Waals surface area contributed by atoms with Crippen LogP contribution in [0, 0.1) is 11.7 Å². The lowest BCUT2D eigenvalue weighted by Gasteiger charge is -2.36. The van der Waals surface area contributed by atoms with Crippen molar-refractivity contribution < 1.29 is 4.39 Å². The molecule has 0 atom stereocenters. The molecule has 3 heteroatoms. The van der Waals surface area contributed by atoms with E-state index in [1.54, 1.807) is 12.1 Å². The van der Waals surface area contributed by atoms with Gasteiger partial charge in [0, 0.05) is 18.8 Å². The number of hydrogen-bond donors (Lipinski definition) is 1. The average Bonchev–Trinajstić information content (AvgIpc) is 2.47. The van der Waals surface area contributed by atoms with E-state index < -0.39 is 0 Å². The summed E-state index contributed by atoms with van der Waals surface area (Å²) < 4.78 is 13.4. The van der Waals surface area contributed by atoms with E-state index in [9.17, 15) is 4.39 Å². The Bertz CT molecular complexity index is 425. The van der Waals surface area contributed by atoms with Crippen molar-refractivity contribution in [3.05, 3.63) is 29.6 Å². The minimum absolute atomic E-state index is 0.166. The van der Waals surface area contributed by atoms with Gasteiger partial charge in [-0.25, -0.2) is 4.39 Å². The van der Waals surface area contributed by atoms with Crippen molar-refractivity contribution in [2.24, 2.45) is 11.7 Å². The van der Waals surface area contributed by atoms with E-state index in [1.807, 2.05) is 6.07 Å². The quantitative estimate of drug-likeness (QED) is 0.889. The third kappa shape index (κ3) is 3.51. The van der Waals surface area contributed by atoms with Gasteiger partial charge in [0.05, 0.1) is 0 Å². The summed E-state index contributed by atoms with van der Waals surface area (Å²) in [6.07, 6.45) is 7.16. The minimum Gasteiger partial charge on any atom is -0.371 e. The third-order valence-corrected chi connectivity index (χ3v) is 4.78. The molecule has 0 bridgehead atoms. The van der Waals surface area contributed by atoms with E-state index in [2.05, 4.69) is 18.9 Å². The molecule has 2 nitrogen and oxygen atoms in total. The van der Waals surface area contributed by atoms with Crippen molar-refractivity contribution in [3.63, 3.8) is 0 Å². The molecule has 1 aromatic carbocycles. The normalized spacial score (nSPS) is 22.8. The van der Waals surface area contributed by atoms with Gasteiger partial charge in [-0.15, -0.1) is 0 Å². The summed E-state index contributed by atoms with van der Waals surface area (Å²) in [7, 11) is 2.14. The molecule has 1 aromatic rings. The van der Waals surface area contributed by atoms with Crippen LogP contribution in [-0.4, -0.2) is 19.6 Å². The second-order valence-electron chi connectivity index (χ2n) is 6.01. The van der Waals surface area contributed by atoms with Gasteiger partial charge in [0.1, 0.15) is 5.82 Å². The van der Waals surface area contributed by atoms with Crippen LogP contribution in [-0.2, 0) is 6.42 Å². The molecule has 112 valence electrons. The molecule has 0 radical (unpaired) electrons. The Hall–Kier alpha value is -1.09. The van der Waals surface area contributed by atoms with Gasteiger partial charge >= 0.3 is 0 Å². The molecule has 20 heavy (non-hydrogen) atoms. The average molecular weight is 278 g/mol. The van der Waals surface area contributed by atoms with E-state index in [0.29, 0.717) is 12.6 Å². The summed E-state index contributed by atoms with van der Waals surface area (Å²) >= 11 is 0. The first-order chi connectivity index (χ1) is 9.65. The van der Waals surface area contributed by atoms with Crippen LogP contribution in [0.5, 0.6) is 0 Å². The molecular weight excluding hydrogens is 251 g/mol. The van der Waals surface area contributed by atoms with Gasteiger partial charge in [-0.05, 0) is 68.3 Å². The maximum absolute atomic E-state index is 13.4. The fourth-order valence-electron chi connectivity index (χ4n) is 3.39. The van der Waals surface area contributed by atoms with Crippen LogP contribution in [0.3, 0.4) is 0 Å². The Morgan fingerprint density at radius 3 is 2.55 bits per heavy atom. The van der Waals surface area contributed by atoms with Gasteiger partial charge in [-0.1, -0.05) is 13.3 Å². The van der Waals surface area contributed by atoms with Gasteiger partial charge in [0.15, 0.2) is 0 Å². The highest BCUT2D eigenvalue weighted by Crippen LogP contribution is 2.32. The Morgan fingerprint density at radius 2 is 1.95 bits per heavy atom. The number of anilines is 1. The molecule has 0 aliphatic heterocycles. The largest absolute Gasteiger partial charge is 0.371 e. The Kier molecular flexibility index (Phi) is 5.41. The minimum atomic E-state index is -0.166. The summed E-state index contributed by atoms with van der Waals surface area (Å²) in [6, 6.07) is 5.69. The van der Waals surface area contributed by atoms with Crippen LogP contribution in [0.4, 0.5) is 10.1 Å². The number of benzene rings is 1. The van der Waals surface area contributed by atoms with E-state index in [1.165, 1.54) is 32.1 Å². The zero-order valence-electron chi connectivity index (χ0n) is 12.7. The topological polar surface area (TPSA) is 29.3 Å². The van der Waals surface area contributed by atoms with Gasteiger partial charge in [-0.3, -0.25) is 0 Å². The van der Waals surface area contributed by atoms with Crippen LogP contribution in [0.15, 0.2) is 18.2 Å². The Morgan fingerprint density at radius 1 is 1.25 bits per heavy atom. The molecule has 0 unspecified atom stereocenters. The number of halogens is 1. The Labute approximate surface area is 122 Å². The van der Waals surface area contributed by atoms with Gasteiger partial charge in [0.2, 0.25) is 0 Å². The molecule has 1 fully saturated rings. The number of nitrogens with two attached hydrogens (primary N) is 1. The summed E-state index contributed by atoms with van der Waals surface area (Å²) in [6.45, 7) is 2.85. The van der Waals surface area contributed by atoms with Crippen LogP contribution in [0.2, 0.25) is 0 Å². The van der Waals surface area contributed by atoms with Crippen molar-refractivity contribution >= 4 is 5.69 Å². The van der Waals surface area contributed by atoms with Crippen LogP contribution in [0.1, 0.15) is 44.6 Å². The molecular formula is C17H27FN2. The molecule has 0 aromatic heterocycles. The molecule has 1 aliphatic carbocycles. The molecule has 0 spiro atoms. The zero-order chi connectivity index (χ0) is 14.5. The highest BCUT2D eigenvalue weighted by atomic mass is 19.1. The van der Waals surface area contributed by atoms with E-state index in [0.717, 1.165) is 23.6 Å². The molecule has 0 saturated heterocycles. The molecule has 1 saturated carbocycles. The van der Waals surface area contributed by atoms with Crippen molar-refractivity contribution in [2.75, 3.05) is 18.5 Å². The highest BCUT2D eigenvalue weighted by Gasteiger charge is 2.24. The second kappa shape index (κ2) is 7.07. The standard InChI is InChI=1S/C17H27FN2/c1-3-13-4-7-16(8-5-13)20(2)17-9-6-15(18)12-14(17)10-11-19/h6,9,12-13,16H,3-5,7-8,10-11,19H2,1-2H3. The maximum atomic E-state index is 13.4. The Balaban J connectivity index is 2.10. The van der Waals surface area contributed by atoms with Gasteiger partial charge in [-0.2, -0.15) is 0 Å². The van der Waals surface area contributed by atoms with Crippen molar-refractivity contribution in [2.45, 2.75) is 51.5 Å². The van der Waals surface area contributed by atoms with Crippen molar-refractivity contribution in [1.29, 1.82) is 0 Å². The van der Waals surface area contributed by atoms with Gasteiger partial charge in [0.25, 0.3) is 0 Å². The van der Waals surface area contributed by atoms with Crippen LogP contribution < -0.4 is 10.6 Å². The van der Waals surface area contributed by atoms with Crippen LogP contribution in [0.25, 0.3) is 0 Å². The lowest BCUT2D eigenvalue weighted by atomic mass is 9.84. The summed E-state index contributed by atoms with van der Waals surface area (Å²) in [4.78, 5) is 2.34. The molecule has 2 N–H and O–H groups in total. The fraction of sp³-hybridized carbons (Fsp3) is 0.647. The summed E-state index contributed by atoms with van der Waals surface area (Å²) in [5.74, 6) is 0.733. The highest BCUT2D eigenvalue weighted by molar-refractivity contribution is 5.54. The van der Waals surface area contributed by atoms with Crippen molar-refractivity contribution in [1.82, 2.24) is 0 Å². The lowest BCUT2D eigenvalue weighted by Crippen LogP contribution is -2.35. The fourth-order valence-corrected chi connectivity index (χ4v) is 3.39. The number of hydrogen-bond acceptors (Lipinski definition) is 2. The first-order valence-corrected chi connectivity index (χ1v) is 7.87. The monoisotopic (exact) mass is 278 g/mol. The number of nitrogens with zero attached hydrogens (tertiary/aromatic N) is 1. The molecule has 1 aliphatic rings. The molecule has 2 rings (SSSR count). The lowest BCUT2D eigenvalue weighted by molar-refractivity contribution is 0.313. The first kappa shape index (κ1) is 15.3. The van der Waals surface area contributed by atoms with Crippen molar-refractivity contribution in [3.8, 4) is 0 Å². The predicted octanol–water partition coefficient (Wildman–Crippen LogP) is 3.73. The summed E-state index contributed by atoms with van der Waals surface area (Å²) in [5.41, 5.74) is 7.84. The third-order valence-electron chi connectivity index (χ3n) is 4.78. The smallest absolute Gasteiger partial charge is 0.123 e. The van der Waals surface area contributed by atoms with E-state index in [-0.39, 0.29) is 5.82 Å². The summed E-state index contributed by atoms with van der Waals surface area (Å²) in [5, 5.41) is 0. The predicted molar refractivity (Wildman–Crippen MR) is 83.6 cm³/mol. The SMILES string of the molecule is CCC1CCC(N(C)c2ccc(F)cc2CCN)CC1. The first-order valence-electron chi connectivity index (χ1n) is 7.87.